The third-order valence-corrected chi connectivity index (χ3v) is 4.55. The largest absolute Gasteiger partial charge is 0.493 e. The van der Waals surface area contributed by atoms with Gasteiger partial charge in [-0.15, -0.1) is 0 Å². The zero-order chi connectivity index (χ0) is 16.2. The van der Waals surface area contributed by atoms with Gasteiger partial charge in [-0.1, -0.05) is 6.07 Å². The average molecular weight is 331 g/mol. The van der Waals surface area contributed by atoms with Crippen molar-refractivity contribution in [2.24, 2.45) is 0 Å². The monoisotopic (exact) mass is 331 g/mol. The molecule has 1 aromatic heterocycles. The number of ether oxygens (including phenoxy) is 1. The fourth-order valence-electron chi connectivity index (χ4n) is 2.60. The van der Waals surface area contributed by atoms with Crippen LogP contribution in [0.25, 0.3) is 0 Å². The fourth-order valence-corrected chi connectivity index (χ4v) is 3.30. The standard InChI is InChI=1S/C17H17NO4S/c19-15(4-1-11-6-8-23-10-11)18-16(17(20)21)13-2-3-14-12(9-13)5-7-22-14/h2-3,6,8-10,16H,1,4-5,7H2,(H,18,19)(H,20,21). The molecule has 0 radical (unpaired) electrons. The van der Waals surface area contributed by atoms with Gasteiger partial charge in [-0.05, 0) is 52.1 Å². The summed E-state index contributed by atoms with van der Waals surface area (Å²) >= 11 is 1.58. The topological polar surface area (TPSA) is 75.6 Å². The second-order valence-corrected chi connectivity index (χ2v) is 6.22. The Morgan fingerprint density at radius 1 is 1.35 bits per heavy atom. The second kappa shape index (κ2) is 6.83. The van der Waals surface area contributed by atoms with E-state index >= 15 is 0 Å². The maximum Gasteiger partial charge on any atom is 0.330 e. The number of benzene rings is 1. The number of hydrogen-bond acceptors (Lipinski definition) is 4. The van der Waals surface area contributed by atoms with Gasteiger partial charge in [0.05, 0.1) is 6.61 Å². The molecule has 3 rings (SSSR count). The molecule has 23 heavy (non-hydrogen) atoms. The van der Waals surface area contributed by atoms with Gasteiger partial charge in [0.15, 0.2) is 6.04 Å². The minimum atomic E-state index is -1.06. The molecule has 2 N–H and O–H groups in total. The number of carbonyl (C=O) groups is 2. The number of nitrogens with one attached hydrogen (secondary N) is 1. The van der Waals surface area contributed by atoms with Crippen LogP contribution in [0, 0.1) is 0 Å². The molecule has 5 nitrogen and oxygen atoms in total. The zero-order valence-electron chi connectivity index (χ0n) is 12.5. The Bertz CT molecular complexity index is 711. The van der Waals surface area contributed by atoms with E-state index in [1.807, 2.05) is 16.8 Å². The van der Waals surface area contributed by atoms with Crippen molar-refractivity contribution < 1.29 is 19.4 Å². The van der Waals surface area contributed by atoms with Crippen molar-refractivity contribution in [2.75, 3.05) is 6.61 Å². The van der Waals surface area contributed by atoms with Gasteiger partial charge in [-0.2, -0.15) is 11.3 Å². The number of thiophene rings is 1. The number of carboxylic acids is 1. The molecule has 0 saturated carbocycles. The SMILES string of the molecule is O=C(CCc1ccsc1)NC(C(=O)O)c1ccc2c(c1)CCO2. The summed E-state index contributed by atoms with van der Waals surface area (Å²) < 4.78 is 5.42. The highest BCUT2D eigenvalue weighted by Crippen LogP contribution is 2.28. The Kier molecular flexibility index (Phi) is 4.62. The van der Waals surface area contributed by atoms with Crippen molar-refractivity contribution in [3.05, 3.63) is 51.7 Å². The van der Waals surface area contributed by atoms with Gasteiger partial charge in [0.1, 0.15) is 5.75 Å². The Hall–Kier alpha value is -2.34. The van der Waals surface area contributed by atoms with Crippen molar-refractivity contribution in [1.82, 2.24) is 5.32 Å². The minimum Gasteiger partial charge on any atom is -0.493 e. The van der Waals surface area contributed by atoms with Crippen molar-refractivity contribution >= 4 is 23.2 Å². The number of hydrogen-bond donors (Lipinski definition) is 2. The number of aryl methyl sites for hydroxylation is 1. The summed E-state index contributed by atoms with van der Waals surface area (Å²) in [5, 5.41) is 16.0. The summed E-state index contributed by atoms with van der Waals surface area (Å²) in [4.78, 5) is 23.6. The van der Waals surface area contributed by atoms with Gasteiger partial charge in [0.2, 0.25) is 5.91 Å². The quantitative estimate of drug-likeness (QED) is 0.853. The molecule has 0 bridgehead atoms. The number of carbonyl (C=O) groups excluding carboxylic acids is 1. The van der Waals surface area contributed by atoms with Crippen molar-refractivity contribution in [2.45, 2.75) is 25.3 Å². The molecule has 120 valence electrons. The van der Waals surface area contributed by atoms with Crippen LogP contribution in [0.5, 0.6) is 5.75 Å². The molecule has 1 atom stereocenters. The van der Waals surface area contributed by atoms with Gasteiger partial charge < -0.3 is 15.2 Å². The van der Waals surface area contributed by atoms with Crippen LogP contribution in [0.2, 0.25) is 0 Å². The fraction of sp³-hybridized carbons (Fsp3) is 0.294. The van der Waals surface area contributed by atoms with Crippen LogP contribution in [0.3, 0.4) is 0 Å². The highest BCUT2D eigenvalue weighted by atomic mass is 32.1. The van der Waals surface area contributed by atoms with Crippen molar-refractivity contribution in [3.63, 3.8) is 0 Å². The predicted molar refractivity (Wildman–Crippen MR) is 86.8 cm³/mol. The molecule has 0 spiro atoms. The lowest BCUT2D eigenvalue weighted by Crippen LogP contribution is -2.33. The van der Waals surface area contributed by atoms with Crippen LogP contribution >= 0.6 is 11.3 Å². The molecule has 1 aliphatic heterocycles. The van der Waals surface area contributed by atoms with Crippen LogP contribution in [0.4, 0.5) is 0 Å². The van der Waals surface area contributed by atoms with E-state index in [0.717, 1.165) is 23.3 Å². The number of aliphatic carboxylic acids is 1. The Balaban J connectivity index is 1.66. The van der Waals surface area contributed by atoms with Crippen LogP contribution in [0.1, 0.15) is 29.2 Å². The van der Waals surface area contributed by atoms with E-state index in [2.05, 4.69) is 5.32 Å². The smallest absolute Gasteiger partial charge is 0.330 e. The number of carboxylic acid groups (broad SMARTS) is 1. The van der Waals surface area contributed by atoms with E-state index in [1.54, 1.807) is 29.5 Å². The molecule has 0 fully saturated rings. The molecule has 1 unspecified atom stereocenters. The summed E-state index contributed by atoms with van der Waals surface area (Å²) in [6.07, 6.45) is 1.65. The summed E-state index contributed by atoms with van der Waals surface area (Å²) in [5.41, 5.74) is 2.65. The molecule has 0 aliphatic carbocycles. The second-order valence-electron chi connectivity index (χ2n) is 5.44. The van der Waals surface area contributed by atoms with E-state index in [9.17, 15) is 14.7 Å². The van der Waals surface area contributed by atoms with E-state index in [0.29, 0.717) is 18.6 Å². The van der Waals surface area contributed by atoms with E-state index < -0.39 is 12.0 Å². The third-order valence-electron chi connectivity index (χ3n) is 3.82. The van der Waals surface area contributed by atoms with E-state index in [-0.39, 0.29) is 12.3 Å². The van der Waals surface area contributed by atoms with Gasteiger partial charge in [0, 0.05) is 12.8 Å². The molecular formula is C17H17NO4S. The lowest BCUT2D eigenvalue weighted by atomic mass is 10.0. The molecule has 6 heteroatoms. The van der Waals surface area contributed by atoms with Crippen LogP contribution < -0.4 is 10.1 Å². The Morgan fingerprint density at radius 3 is 2.96 bits per heavy atom. The first-order chi connectivity index (χ1) is 11.1. The first-order valence-corrected chi connectivity index (χ1v) is 8.36. The molecule has 1 aromatic carbocycles. The minimum absolute atomic E-state index is 0.264. The zero-order valence-corrected chi connectivity index (χ0v) is 13.3. The molecule has 2 aromatic rings. The molecule has 1 amide bonds. The number of amides is 1. The third kappa shape index (κ3) is 3.71. The van der Waals surface area contributed by atoms with Crippen LogP contribution in [-0.4, -0.2) is 23.6 Å². The molecule has 0 saturated heterocycles. The maximum absolute atomic E-state index is 12.1. The molecule has 2 heterocycles. The van der Waals surface area contributed by atoms with Crippen molar-refractivity contribution in [1.29, 1.82) is 0 Å². The highest BCUT2D eigenvalue weighted by Gasteiger charge is 2.24. The number of fused-ring (bicyclic) bond motifs is 1. The van der Waals surface area contributed by atoms with E-state index in [4.69, 9.17) is 4.74 Å². The lowest BCUT2D eigenvalue weighted by molar-refractivity contribution is -0.142. The van der Waals surface area contributed by atoms with Gasteiger partial charge in [0.25, 0.3) is 0 Å². The normalized spacial score (nSPS) is 13.9. The average Bonchev–Trinajstić information content (AvgIpc) is 3.20. The van der Waals surface area contributed by atoms with Gasteiger partial charge in [-0.3, -0.25) is 4.79 Å². The Labute approximate surface area is 137 Å². The first-order valence-electron chi connectivity index (χ1n) is 7.42. The summed E-state index contributed by atoms with van der Waals surface area (Å²) in [6.45, 7) is 0.615. The maximum atomic E-state index is 12.1. The Morgan fingerprint density at radius 2 is 2.22 bits per heavy atom. The summed E-state index contributed by atoms with van der Waals surface area (Å²) in [7, 11) is 0. The van der Waals surface area contributed by atoms with Crippen molar-refractivity contribution in [3.8, 4) is 5.75 Å². The summed E-state index contributed by atoms with van der Waals surface area (Å²) in [5.74, 6) is -0.533. The van der Waals surface area contributed by atoms with Gasteiger partial charge in [-0.25, -0.2) is 4.79 Å². The van der Waals surface area contributed by atoms with Crippen LogP contribution in [-0.2, 0) is 22.4 Å². The van der Waals surface area contributed by atoms with E-state index in [1.165, 1.54) is 0 Å². The lowest BCUT2D eigenvalue weighted by Gasteiger charge is -2.15. The summed E-state index contributed by atoms with van der Waals surface area (Å²) in [6, 6.07) is 6.21. The van der Waals surface area contributed by atoms with Crippen LogP contribution in [0.15, 0.2) is 35.0 Å². The number of rotatable bonds is 6. The van der Waals surface area contributed by atoms with Gasteiger partial charge >= 0.3 is 5.97 Å². The molecular weight excluding hydrogens is 314 g/mol. The highest BCUT2D eigenvalue weighted by molar-refractivity contribution is 7.07. The predicted octanol–water partition coefficient (Wildman–Crippen LogP) is 2.56. The first kappa shape index (κ1) is 15.6. The molecule has 1 aliphatic rings.